The van der Waals surface area contributed by atoms with E-state index in [1.807, 2.05) is 37.4 Å². The maximum atomic E-state index is 13.3. The Morgan fingerprint density at radius 3 is 2.77 bits per heavy atom. The van der Waals surface area contributed by atoms with Crippen LogP contribution in [0.4, 0.5) is 4.39 Å². The molecule has 0 radical (unpaired) electrons. The van der Waals surface area contributed by atoms with Crippen LogP contribution in [-0.4, -0.2) is 29.2 Å². The Morgan fingerprint density at radius 1 is 1.19 bits per heavy atom. The Kier molecular flexibility index (Phi) is 5.63. The first-order valence-corrected chi connectivity index (χ1v) is 8.46. The summed E-state index contributed by atoms with van der Waals surface area (Å²) in [6.07, 6.45) is 0.438. The van der Waals surface area contributed by atoms with Crippen molar-refractivity contribution in [1.29, 1.82) is 0 Å². The molecule has 1 aromatic heterocycles. The monoisotopic (exact) mass is 355 g/mol. The number of rotatable bonds is 7. The zero-order valence-corrected chi connectivity index (χ0v) is 15.1. The summed E-state index contributed by atoms with van der Waals surface area (Å²) in [5, 5.41) is 4.00. The molecule has 0 spiro atoms. The Labute approximate surface area is 152 Å². The first kappa shape index (κ1) is 18.1. The minimum Gasteiger partial charge on any atom is -0.496 e. The zero-order valence-electron chi connectivity index (χ0n) is 15.1. The van der Waals surface area contributed by atoms with Gasteiger partial charge in [-0.2, -0.15) is 4.98 Å². The number of hydrogen-bond acceptors (Lipinski definition) is 5. The van der Waals surface area contributed by atoms with Gasteiger partial charge in [-0.25, -0.2) is 4.39 Å². The van der Waals surface area contributed by atoms with Crippen molar-refractivity contribution in [3.8, 4) is 5.75 Å². The summed E-state index contributed by atoms with van der Waals surface area (Å²) in [7, 11) is 3.66. The molecule has 136 valence electrons. The highest BCUT2D eigenvalue weighted by Crippen LogP contribution is 2.28. The molecule has 0 fully saturated rings. The van der Waals surface area contributed by atoms with Crippen molar-refractivity contribution >= 4 is 0 Å². The fraction of sp³-hybridized carbons (Fsp3) is 0.300. The molecular formula is C20H22FN3O2. The summed E-state index contributed by atoms with van der Waals surface area (Å²) in [5.41, 5.74) is 1.91. The molecule has 0 saturated carbocycles. The second kappa shape index (κ2) is 8.10. The molecule has 1 heterocycles. The summed E-state index contributed by atoms with van der Waals surface area (Å²) < 4.78 is 24.1. The largest absolute Gasteiger partial charge is 0.496 e. The number of aromatic nitrogens is 2. The Balaban J connectivity index is 1.66. The number of halogens is 1. The summed E-state index contributed by atoms with van der Waals surface area (Å²) >= 11 is 0. The number of ether oxygens (including phenoxy) is 1. The summed E-state index contributed by atoms with van der Waals surface area (Å²) in [6, 6.07) is 14.5. The number of hydrogen-bond donors (Lipinski definition) is 0. The summed E-state index contributed by atoms with van der Waals surface area (Å²) in [4.78, 5) is 6.53. The van der Waals surface area contributed by atoms with Gasteiger partial charge >= 0.3 is 0 Å². The molecule has 0 aliphatic rings. The van der Waals surface area contributed by atoms with Gasteiger partial charge < -0.3 is 9.26 Å². The maximum Gasteiger partial charge on any atom is 0.240 e. The van der Waals surface area contributed by atoms with Crippen LogP contribution in [0.15, 0.2) is 53.1 Å². The average molecular weight is 355 g/mol. The Bertz CT molecular complexity index is 866. The third kappa shape index (κ3) is 4.26. The van der Waals surface area contributed by atoms with Gasteiger partial charge in [0, 0.05) is 18.0 Å². The summed E-state index contributed by atoms with van der Waals surface area (Å²) in [6.45, 7) is 2.61. The molecule has 3 rings (SSSR count). The maximum absolute atomic E-state index is 13.3. The van der Waals surface area contributed by atoms with Gasteiger partial charge in [0.25, 0.3) is 0 Å². The molecule has 0 saturated heterocycles. The van der Waals surface area contributed by atoms with Crippen molar-refractivity contribution in [3.63, 3.8) is 0 Å². The third-order valence-electron chi connectivity index (χ3n) is 4.40. The zero-order chi connectivity index (χ0) is 18.5. The van der Waals surface area contributed by atoms with E-state index >= 15 is 0 Å². The molecule has 2 aromatic carbocycles. The molecule has 0 unspecified atom stereocenters. The Morgan fingerprint density at radius 2 is 2.00 bits per heavy atom. The molecule has 1 atom stereocenters. The molecule has 0 aliphatic carbocycles. The first-order chi connectivity index (χ1) is 12.6. The van der Waals surface area contributed by atoms with Gasteiger partial charge in [-0.3, -0.25) is 4.90 Å². The SMILES string of the molecule is COc1ccccc1[C@H](C)N(C)Cc1nc(Cc2cccc(F)c2)no1. The molecule has 0 amide bonds. The molecule has 0 N–H and O–H groups in total. The van der Waals surface area contributed by atoms with Gasteiger partial charge in [-0.1, -0.05) is 35.5 Å². The molecule has 6 heteroatoms. The van der Waals surface area contributed by atoms with E-state index in [2.05, 4.69) is 22.0 Å². The van der Waals surface area contributed by atoms with Crippen LogP contribution in [0, 0.1) is 5.82 Å². The van der Waals surface area contributed by atoms with Gasteiger partial charge in [-0.05, 0) is 37.7 Å². The predicted octanol–water partition coefficient (Wildman–Crippen LogP) is 4.00. The van der Waals surface area contributed by atoms with E-state index in [1.54, 1.807) is 13.2 Å². The van der Waals surface area contributed by atoms with Crippen molar-refractivity contribution in [2.24, 2.45) is 0 Å². The molecule has 5 nitrogen and oxygen atoms in total. The van der Waals surface area contributed by atoms with E-state index in [9.17, 15) is 4.39 Å². The van der Waals surface area contributed by atoms with Crippen LogP contribution in [0.2, 0.25) is 0 Å². The van der Waals surface area contributed by atoms with Gasteiger partial charge in [0.15, 0.2) is 5.82 Å². The van der Waals surface area contributed by atoms with Gasteiger partial charge in [-0.15, -0.1) is 0 Å². The molecule has 0 aliphatic heterocycles. The van der Waals surface area contributed by atoms with Gasteiger partial charge in [0.2, 0.25) is 5.89 Å². The van der Waals surface area contributed by atoms with Crippen molar-refractivity contribution in [2.75, 3.05) is 14.2 Å². The van der Waals surface area contributed by atoms with Crippen LogP contribution in [-0.2, 0) is 13.0 Å². The average Bonchev–Trinajstić information content (AvgIpc) is 3.07. The second-order valence-electron chi connectivity index (χ2n) is 6.24. The molecule has 0 bridgehead atoms. The number of para-hydroxylation sites is 1. The van der Waals surface area contributed by atoms with Crippen LogP contribution in [0.3, 0.4) is 0 Å². The number of methoxy groups -OCH3 is 1. The highest BCUT2D eigenvalue weighted by atomic mass is 19.1. The highest BCUT2D eigenvalue weighted by Gasteiger charge is 2.18. The van der Waals surface area contributed by atoms with Crippen LogP contribution in [0.5, 0.6) is 5.75 Å². The molecule has 3 aromatic rings. The standard InChI is InChI=1S/C20H22FN3O2/c1-14(17-9-4-5-10-18(17)25-3)24(2)13-20-22-19(23-26-20)12-15-7-6-8-16(21)11-15/h4-11,14H,12-13H2,1-3H3/t14-/m0/s1. The topological polar surface area (TPSA) is 51.4 Å². The Hall–Kier alpha value is -2.73. The van der Waals surface area contributed by atoms with Crippen molar-refractivity contribution in [3.05, 3.63) is 77.2 Å². The van der Waals surface area contributed by atoms with Gasteiger partial charge in [0.1, 0.15) is 11.6 Å². The van der Waals surface area contributed by atoms with E-state index in [4.69, 9.17) is 9.26 Å². The normalized spacial score (nSPS) is 12.3. The smallest absolute Gasteiger partial charge is 0.240 e. The van der Waals surface area contributed by atoms with Crippen molar-refractivity contribution in [2.45, 2.75) is 25.9 Å². The quantitative estimate of drug-likeness (QED) is 0.641. The third-order valence-corrected chi connectivity index (χ3v) is 4.40. The minimum atomic E-state index is -0.267. The lowest BCUT2D eigenvalue weighted by molar-refractivity contribution is 0.212. The molecule has 26 heavy (non-hydrogen) atoms. The van der Waals surface area contributed by atoms with Crippen LogP contribution >= 0.6 is 0 Å². The van der Waals surface area contributed by atoms with E-state index < -0.39 is 0 Å². The number of benzene rings is 2. The number of nitrogens with zero attached hydrogens (tertiary/aromatic N) is 3. The van der Waals surface area contributed by atoms with E-state index in [0.29, 0.717) is 24.7 Å². The lowest BCUT2D eigenvalue weighted by Crippen LogP contribution is -2.22. The van der Waals surface area contributed by atoms with Crippen molar-refractivity contribution < 1.29 is 13.7 Å². The highest BCUT2D eigenvalue weighted by molar-refractivity contribution is 5.35. The van der Waals surface area contributed by atoms with Crippen LogP contribution in [0.1, 0.15) is 35.8 Å². The molecular weight excluding hydrogens is 333 g/mol. The summed E-state index contributed by atoms with van der Waals surface area (Å²) in [5.74, 6) is 1.66. The van der Waals surface area contributed by atoms with Crippen LogP contribution in [0.25, 0.3) is 0 Å². The first-order valence-electron chi connectivity index (χ1n) is 8.46. The van der Waals surface area contributed by atoms with Gasteiger partial charge in [0.05, 0.1) is 13.7 Å². The van der Waals surface area contributed by atoms with E-state index in [-0.39, 0.29) is 11.9 Å². The van der Waals surface area contributed by atoms with E-state index in [0.717, 1.165) is 16.9 Å². The lowest BCUT2D eigenvalue weighted by Gasteiger charge is -2.24. The van der Waals surface area contributed by atoms with Crippen LogP contribution < -0.4 is 4.74 Å². The fourth-order valence-corrected chi connectivity index (χ4v) is 2.85. The van der Waals surface area contributed by atoms with Crippen molar-refractivity contribution in [1.82, 2.24) is 15.0 Å². The second-order valence-corrected chi connectivity index (χ2v) is 6.24. The minimum absolute atomic E-state index is 0.115. The lowest BCUT2D eigenvalue weighted by atomic mass is 10.1. The fourth-order valence-electron chi connectivity index (χ4n) is 2.85. The van der Waals surface area contributed by atoms with E-state index in [1.165, 1.54) is 12.1 Å². The predicted molar refractivity (Wildman–Crippen MR) is 96.4 cm³/mol.